The minimum absolute atomic E-state index is 0.212. The standard InChI is InChI=1S/C14H14ClN3O4/c1-17-12(19)11(13(20)18(2)14(17)21)10(16)7-22-9-5-3-8(15)4-6-9/h3-6,11,16H,7H2,1-2H3. The van der Waals surface area contributed by atoms with E-state index in [0.29, 0.717) is 10.8 Å². The van der Waals surface area contributed by atoms with Gasteiger partial charge in [-0.3, -0.25) is 19.4 Å². The molecule has 0 bridgehead atoms. The van der Waals surface area contributed by atoms with Crippen LogP contribution in [0.25, 0.3) is 0 Å². The first-order valence-electron chi connectivity index (χ1n) is 6.37. The van der Waals surface area contributed by atoms with Gasteiger partial charge in [0.05, 0.1) is 5.71 Å². The topological polar surface area (TPSA) is 90.8 Å². The van der Waals surface area contributed by atoms with Crippen LogP contribution >= 0.6 is 11.6 Å². The second-order valence-electron chi connectivity index (χ2n) is 4.78. The number of urea groups is 1. The Labute approximate surface area is 131 Å². The Balaban J connectivity index is 2.08. The van der Waals surface area contributed by atoms with Crippen LogP contribution in [0, 0.1) is 11.3 Å². The van der Waals surface area contributed by atoms with Gasteiger partial charge in [-0.05, 0) is 24.3 Å². The highest BCUT2D eigenvalue weighted by Crippen LogP contribution is 2.19. The predicted molar refractivity (Wildman–Crippen MR) is 79.1 cm³/mol. The molecule has 1 heterocycles. The van der Waals surface area contributed by atoms with Crippen molar-refractivity contribution >= 4 is 35.2 Å². The van der Waals surface area contributed by atoms with Crippen LogP contribution in [0.4, 0.5) is 4.79 Å². The van der Waals surface area contributed by atoms with Crippen LogP contribution in [-0.4, -0.2) is 54.1 Å². The van der Waals surface area contributed by atoms with Crippen LogP contribution in [0.2, 0.25) is 5.02 Å². The third kappa shape index (κ3) is 2.94. The molecule has 1 aromatic rings. The number of rotatable bonds is 4. The number of hydrogen-bond acceptors (Lipinski definition) is 5. The molecule has 1 fully saturated rings. The lowest BCUT2D eigenvalue weighted by atomic mass is 9.98. The highest BCUT2D eigenvalue weighted by Gasteiger charge is 2.44. The van der Waals surface area contributed by atoms with E-state index in [1.165, 1.54) is 14.1 Å². The van der Waals surface area contributed by atoms with Gasteiger partial charge < -0.3 is 10.1 Å². The first-order valence-corrected chi connectivity index (χ1v) is 6.75. The molecule has 7 nitrogen and oxygen atoms in total. The first kappa shape index (κ1) is 16.0. The van der Waals surface area contributed by atoms with Crippen molar-refractivity contribution < 1.29 is 19.1 Å². The van der Waals surface area contributed by atoms with E-state index in [1.54, 1.807) is 24.3 Å². The quantitative estimate of drug-likeness (QED) is 0.670. The maximum atomic E-state index is 12.0. The fraction of sp³-hybridized carbons (Fsp3) is 0.286. The molecule has 0 radical (unpaired) electrons. The van der Waals surface area contributed by atoms with Crippen LogP contribution in [-0.2, 0) is 9.59 Å². The van der Waals surface area contributed by atoms with E-state index in [1.807, 2.05) is 0 Å². The molecular weight excluding hydrogens is 310 g/mol. The van der Waals surface area contributed by atoms with Crippen molar-refractivity contribution in [2.45, 2.75) is 0 Å². The number of benzene rings is 1. The summed E-state index contributed by atoms with van der Waals surface area (Å²) in [6.07, 6.45) is 0. The first-order chi connectivity index (χ1) is 10.3. The second-order valence-corrected chi connectivity index (χ2v) is 5.21. The smallest absolute Gasteiger partial charge is 0.332 e. The Morgan fingerprint density at radius 1 is 1.14 bits per heavy atom. The van der Waals surface area contributed by atoms with Gasteiger partial charge in [0.25, 0.3) is 0 Å². The summed E-state index contributed by atoms with van der Waals surface area (Å²) in [5.41, 5.74) is -0.212. The van der Waals surface area contributed by atoms with Crippen LogP contribution in [0.3, 0.4) is 0 Å². The molecule has 0 spiro atoms. The Hall–Kier alpha value is -2.41. The molecule has 0 unspecified atom stereocenters. The zero-order valence-electron chi connectivity index (χ0n) is 12.0. The van der Waals surface area contributed by atoms with Crippen molar-refractivity contribution in [2.75, 3.05) is 20.7 Å². The van der Waals surface area contributed by atoms with Gasteiger partial charge in [0.1, 0.15) is 12.4 Å². The Morgan fingerprint density at radius 2 is 1.64 bits per heavy atom. The van der Waals surface area contributed by atoms with Gasteiger partial charge in [-0.25, -0.2) is 4.79 Å². The largest absolute Gasteiger partial charge is 0.488 e. The molecule has 8 heteroatoms. The van der Waals surface area contributed by atoms with Crippen molar-refractivity contribution in [1.82, 2.24) is 9.80 Å². The van der Waals surface area contributed by atoms with Crippen LogP contribution < -0.4 is 4.74 Å². The summed E-state index contributed by atoms with van der Waals surface area (Å²) in [6.45, 7) is -0.236. The van der Waals surface area contributed by atoms with Crippen molar-refractivity contribution in [1.29, 1.82) is 5.41 Å². The van der Waals surface area contributed by atoms with Crippen LogP contribution in [0.1, 0.15) is 0 Å². The zero-order chi connectivity index (χ0) is 16.4. The van der Waals surface area contributed by atoms with E-state index in [4.69, 9.17) is 21.7 Å². The summed E-state index contributed by atoms with van der Waals surface area (Å²) < 4.78 is 5.36. The van der Waals surface area contributed by atoms with Gasteiger partial charge in [-0.2, -0.15) is 0 Å². The highest BCUT2D eigenvalue weighted by molar-refractivity contribution is 6.30. The Morgan fingerprint density at radius 3 is 2.14 bits per heavy atom. The van der Waals surface area contributed by atoms with Gasteiger partial charge in [-0.1, -0.05) is 11.6 Å². The molecule has 22 heavy (non-hydrogen) atoms. The molecule has 0 aliphatic carbocycles. The Kier molecular flexibility index (Phi) is 4.46. The summed E-state index contributed by atoms with van der Waals surface area (Å²) >= 11 is 5.75. The average Bonchev–Trinajstić information content (AvgIpc) is 2.50. The van der Waals surface area contributed by atoms with E-state index in [2.05, 4.69) is 0 Å². The number of halogens is 1. The number of barbiturate groups is 1. The zero-order valence-corrected chi connectivity index (χ0v) is 12.8. The van der Waals surface area contributed by atoms with Gasteiger partial charge in [0.15, 0.2) is 5.92 Å². The summed E-state index contributed by atoms with van der Waals surface area (Å²) in [4.78, 5) is 37.3. The maximum Gasteiger partial charge on any atom is 0.332 e. The number of imide groups is 2. The summed E-state index contributed by atoms with van der Waals surface area (Å²) in [5, 5.41) is 8.47. The molecule has 0 saturated carbocycles. The van der Waals surface area contributed by atoms with Crippen molar-refractivity contribution in [3.63, 3.8) is 0 Å². The van der Waals surface area contributed by atoms with Crippen LogP contribution in [0.15, 0.2) is 24.3 Å². The lowest BCUT2D eigenvalue weighted by molar-refractivity contribution is -0.144. The molecule has 2 rings (SSSR count). The molecule has 1 aromatic carbocycles. The second kappa shape index (κ2) is 6.15. The van der Waals surface area contributed by atoms with Crippen molar-refractivity contribution in [3.8, 4) is 5.75 Å². The summed E-state index contributed by atoms with van der Waals surface area (Å²) in [6, 6.07) is 5.76. The number of ether oxygens (including phenoxy) is 1. The third-order valence-electron chi connectivity index (χ3n) is 3.29. The number of hydrogen-bond donors (Lipinski definition) is 1. The van der Waals surface area contributed by atoms with Gasteiger partial charge in [0.2, 0.25) is 11.8 Å². The molecule has 1 aliphatic rings. The minimum atomic E-state index is -1.33. The number of nitrogens with one attached hydrogen (secondary N) is 1. The fourth-order valence-corrected chi connectivity index (χ4v) is 2.11. The maximum absolute atomic E-state index is 12.0. The number of amides is 4. The van der Waals surface area contributed by atoms with E-state index in [-0.39, 0.29) is 12.3 Å². The van der Waals surface area contributed by atoms with Gasteiger partial charge in [-0.15, -0.1) is 0 Å². The molecule has 0 aromatic heterocycles. The number of nitrogens with zero attached hydrogens (tertiary/aromatic N) is 2. The van der Waals surface area contributed by atoms with Crippen molar-refractivity contribution in [2.24, 2.45) is 5.92 Å². The van der Waals surface area contributed by atoms with Gasteiger partial charge in [0, 0.05) is 19.1 Å². The lowest BCUT2D eigenvalue weighted by Crippen LogP contribution is -2.59. The molecule has 1 saturated heterocycles. The number of carbonyl (C=O) groups is 3. The Bertz CT molecular complexity index is 620. The van der Waals surface area contributed by atoms with E-state index in [0.717, 1.165) is 9.80 Å². The van der Waals surface area contributed by atoms with E-state index >= 15 is 0 Å². The van der Waals surface area contributed by atoms with E-state index in [9.17, 15) is 14.4 Å². The van der Waals surface area contributed by atoms with Crippen LogP contribution in [0.5, 0.6) is 5.75 Å². The minimum Gasteiger partial charge on any atom is -0.488 e. The molecule has 4 amide bonds. The van der Waals surface area contributed by atoms with Crippen molar-refractivity contribution in [3.05, 3.63) is 29.3 Å². The molecule has 0 atom stereocenters. The molecular formula is C14H14ClN3O4. The summed E-state index contributed by atoms with van der Waals surface area (Å²) in [7, 11) is 2.54. The monoisotopic (exact) mass is 323 g/mol. The molecule has 1 N–H and O–H groups in total. The normalized spacial score (nSPS) is 16.2. The van der Waals surface area contributed by atoms with E-state index < -0.39 is 23.8 Å². The molecule has 116 valence electrons. The average molecular weight is 324 g/mol. The van der Waals surface area contributed by atoms with Gasteiger partial charge >= 0.3 is 6.03 Å². The SMILES string of the molecule is CN1C(=O)C(C(=N)COc2ccc(Cl)cc2)C(=O)N(C)C1=O. The predicted octanol–water partition coefficient (Wildman–Crippen LogP) is 1.41. The number of carbonyl (C=O) groups excluding carboxylic acids is 3. The third-order valence-corrected chi connectivity index (χ3v) is 3.54. The lowest BCUT2D eigenvalue weighted by Gasteiger charge is -2.32. The summed E-state index contributed by atoms with van der Waals surface area (Å²) in [5.74, 6) is -2.32. The highest BCUT2D eigenvalue weighted by atomic mass is 35.5. The fourth-order valence-electron chi connectivity index (χ4n) is 1.98. The molecule has 1 aliphatic heterocycles.